The van der Waals surface area contributed by atoms with Gasteiger partial charge in [0, 0.05) is 32.5 Å². The van der Waals surface area contributed by atoms with Gasteiger partial charge in [0.25, 0.3) is 5.91 Å². The summed E-state index contributed by atoms with van der Waals surface area (Å²) in [5.74, 6) is 0.579. The molecule has 1 atom stereocenters. The smallest absolute Gasteiger partial charge is 0.338 e. The fraction of sp³-hybridized carbons (Fsp3) is 0.571. The van der Waals surface area contributed by atoms with E-state index in [0.29, 0.717) is 32.5 Å². The van der Waals surface area contributed by atoms with Gasteiger partial charge in [0.05, 0.1) is 23.0 Å². The maximum atomic E-state index is 12.9. The molecule has 6 nitrogen and oxygen atoms in total. The summed E-state index contributed by atoms with van der Waals surface area (Å²) < 4.78 is 38.6. The van der Waals surface area contributed by atoms with E-state index in [2.05, 4.69) is 16.9 Å². The third kappa shape index (κ3) is 4.74. The van der Waals surface area contributed by atoms with E-state index in [4.69, 9.17) is 0 Å². The minimum atomic E-state index is -4.55. The maximum absolute atomic E-state index is 12.9. The molecule has 1 spiro atoms. The molecule has 2 aliphatic heterocycles. The van der Waals surface area contributed by atoms with E-state index in [1.165, 1.54) is 13.0 Å². The van der Waals surface area contributed by atoms with Crippen molar-refractivity contribution in [2.75, 3.05) is 31.6 Å². The Kier molecular flexibility index (Phi) is 7.00. The molecule has 2 amide bonds. The van der Waals surface area contributed by atoms with Crippen molar-refractivity contribution in [1.29, 1.82) is 0 Å². The Morgan fingerprint density at radius 1 is 1.39 bits per heavy atom. The fourth-order valence-corrected chi connectivity index (χ4v) is 4.77. The number of halogens is 3. The van der Waals surface area contributed by atoms with E-state index in [-0.39, 0.29) is 29.1 Å². The van der Waals surface area contributed by atoms with Crippen molar-refractivity contribution in [3.05, 3.63) is 41.7 Å². The second-order valence-electron chi connectivity index (χ2n) is 7.87. The molecule has 170 valence electrons. The van der Waals surface area contributed by atoms with Gasteiger partial charge in [-0.15, -0.1) is 6.58 Å². The standard InChI is InChI=1S/C21H27F3N4O2S/c1-4-10-28-19(30)16(7-13-31-3)26-20(28)8-11-27(12-9-20)18(29)15-5-6-17(21(22,23)24)25-14(15)2/h4-6,16,26H,1,7-13H2,2-3H3. The first-order valence-electron chi connectivity index (χ1n) is 10.2. The Bertz CT molecular complexity index is 854. The van der Waals surface area contributed by atoms with Gasteiger partial charge in [-0.25, -0.2) is 4.98 Å². The summed E-state index contributed by atoms with van der Waals surface area (Å²) >= 11 is 1.69. The molecule has 0 aromatic carbocycles. The highest BCUT2D eigenvalue weighted by molar-refractivity contribution is 7.98. The molecule has 1 unspecified atom stereocenters. The van der Waals surface area contributed by atoms with Crippen LogP contribution in [0.25, 0.3) is 0 Å². The molecule has 1 aromatic heterocycles. The number of carbonyl (C=O) groups is 2. The Morgan fingerprint density at radius 2 is 2.06 bits per heavy atom. The van der Waals surface area contributed by atoms with Crippen LogP contribution >= 0.6 is 11.8 Å². The van der Waals surface area contributed by atoms with E-state index in [1.54, 1.807) is 22.7 Å². The first-order valence-corrected chi connectivity index (χ1v) is 11.6. The lowest BCUT2D eigenvalue weighted by Gasteiger charge is -2.44. The number of carbonyl (C=O) groups excluding carboxylic acids is 2. The predicted octanol–water partition coefficient (Wildman–Crippen LogP) is 3.08. The average Bonchev–Trinajstić information content (AvgIpc) is 2.97. The van der Waals surface area contributed by atoms with Gasteiger partial charge in [-0.3, -0.25) is 14.9 Å². The first-order chi connectivity index (χ1) is 14.6. The number of piperidine rings is 1. The van der Waals surface area contributed by atoms with E-state index >= 15 is 0 Å². The second-order valence-corrected chi connectivity index (χ2v) is 8.85. The lowest BCUT2D eigenvalue weighted by molar-refractivity contribution is -0.141. The largest absolute Gasteiger partial charge is 0.433 e. The fourth-order valence-electron chi connectivity index (χ4n) is 4.30. The summed E-state index contributed by atoms with van der Waals surface area (Å²) in [5.41, 5.74) is -1.32. The zero-order chi connectivity index (χ0) is 22.8. The molecule has 0 bridgehead atoms. The molecular formula is C21H27F3N4O2S. The van der Waals surface area contributed by atoms with Crippen LogP contribution in [0.15, 0.2) is 24.8 Å². The van der Waals surface area contributed by atoms with Gasteiger partial charge < -0.3 is 9.80 Å². The summed E-state index contributed by atoms with van der Waals surface area (Å²) in [6.45, 7) is 6.38. The molecule has 1 N–H and O–H groups in total. The van der Waals surface area contributed by atoms with Crippen LogP contribution in [0.2, 0.25) is 0 Å². The molecule has 2 saturated heterocycles. The van der Waals surface area contributed by atoms with Gasteiger partial charge in [-0.05, 0) is 37.5 Å². The Balaban J connectivity index is 1.72. The van der Waals surface area contributed by atoms with Crippen molar-refractivity contribution >= 4 is 23.6 Å². The predicted molar refractivity (Wildman–Crippen MR) is 114 cm³/mol. The number of aromatic nitrogens is 1. The molecule has 3 heterocycles. The Morgan fingerprint density at radius 3 is 2.61 bits per heavy atom. The Labute approximate surface area is 184 Å². The average molecular weight is 457 g/mol. The Hall–Kier alpha value is -2.07. The molecular weight excluding hydrogens is 429 g/mol. The van der Waals surface area contributed by atoms with E-state index in [1.807, 2.05) is 11.2 Å². The van der Waals surface area contributed by atoms with Crippen LogP contribution in [0.1, 0.15) is 41.0 Å². The van der Waals surface area contributed by atoms with Crippen LogP contribution in [0.3, 0.4) is 0 Å². The minimum Gasteiger partial charge on any atom is -0.338 e. The highest BCUT2D eigenvalue weighted by atomic mass is 32.2. The number of rotatable bonds is 6. The zero-order valence-corrected chi connectivity index (χ0v) is 18.5. The zero-order valence-electron chi connectivity index (χ0n) is 17.7. The summed E-state index contributed by atoms with van der Waals surface area (Å²) in [6, 6.07) is 1.78. The summed E-state index contributed by atoms with van der Waals surface area (Å²) in [4.78, 5) is 32.8. The second kappa shape index (κ2) is 9.20. The highest BCUT2D eigenvalue weighted by Crippen LogP contribution is 2.34. The number of likely N-dealkylation sites (tertiary alicyclic amines) is 1. The van der Waals surface area contributed by atoms with Gasteiger partial charge in [-0.1, -0.05) is 6.08 Å². The minimum absolute atomic E-state index is 0.0523. The molecule has 0 radical (unpaired) electrons. The quantitative estimate of drug-likeness (QED) is 0.667. The van der Waals surface area contributed by atoms with Crippen molar-refractivity contribution < 1.29 is 22.8 Å². The van der Waals surface area contributed by atoms with Crippen LogP contribution < -0.4 is 5.32 Å². The summed E-state index contributed by atoms with van der Waals surface area (Å²) in [5, 5.41) is 3.50. The topological polar surface area (TPSA) is 65.5 Å². The summed E-state index contributed by atoms with van der Waals surface area (Å²) in [6.07, 6.45) is 0.967. The number of hydrogen-bond donors (Lipinski definition) is 1. The van der Waals surface area contributed by atoms with Gasteiger partial charge in [0.1, 0.15) is 5.69 Å². The SMILES string of the molecule is C=CCN1C(=O)C(CCSC)NC12CCN(C(=O)c1ccc(C(F)(F)F)nc1C)CC2. The molecule has 3 rings (SSSR count). The number of alkyl halides is 3. The third-order valence-electron chi connectivity index (χ3n) is 5.93. The molecule has 0 saturated carbocycles. The molecule has 0 aliphatic carbocycles. The van der Waals surface area contributed by atoms with Crippen LogP contribution in [0.5, 0.6) is 0 Å². The van der Waals surface area contributed by atoms with E-state index in [0.717, 1.165) is 18.2 Å². The number of amides is 2. The van der Waals surface area contributed by atoms with Crippen LogP contribution in [-0.4, -0.2) is 69.9 Å². The molecule has 10 heteroatoms. The van der Waals surface area contributed by atoms with Crippen LogP contribution in [0.4, 0.5) is 13.2 Å². The van der Waals surface area contributed by atoms with Crippen molar-refractivity contribution in [2.24, 2.45) is 0 Å². The van der Waals surface area contributed by atoms with Gasteiger partial charge >= 0.3 is 6.18 Å². The first kappa shape index (κ1) is 23.6. The lowest BCUT2D eigenvalue weighted by Crippen LogP contribution is -2.59. The van der Waals surface area contributed by atoms with Gasteiger partial charge in [0.15, 0.2) is 0 Å². The lowest BCUT2D eigenvalue weighted by atomic mass is 9.95. The van der Waals surface area contributed by atoms with Crippen LogP contribution in [0, 0.1) is 6.92 Å². The van der Waals surface area contributed by atoms with E-state index < -0.39 is 17.5 Å². The monoisotopic (exact) mass is 456 g/mol. The molecule has 1 aromatic rings. The van der Waals surface area contributed by atoms with Crippen molar-refractivity contribution in [3.8, 4) is 0 Å². The molecule has 2 fully saturated rings. The van der Waals surface area contributed by atoms with Crippen molar-refractivity contribution in [2.45, 2.75) is 44.1 Å². The normalized spacial score (nSPS) is 21.1. The third-order valence-corrected chi connectivity index (χ3v) is 6.57. The highest BCUT2D eigenvalue weighted by Gasteiger charge is 2.51. The van der Waals surface area contributed by atoms with E-state index in [9.17, 15) is 22.8 Å². The van der Waals surface area contributed by atoms with Crippen molar-refractivity contribution in [1.82, 2.24) is 20.1 Å². The number of nitrogens with one attached hydrogen (secondary N) is 1. The number of aryl methyl sites for hydroxylation is 1. The van der Waals surface area contributed by atoms with Gasteiger partial charge in [-0.2, -0.15) is 24.9 Å². The number of nitrogens with zero attached hydrogens (tertiary/aromatic N) is 3. The molecule has 2 aliphatic rings. The molecule has 31 heavy (non-hydrogen) atoms. The van der Waals surface area contributed by atoms with Gasteiger partial charge in [0.2, 0.25) is 5.91 Å². The number of thioether (sulfide) groups is 1. The maximum Gasteiger partial charge on any atom is 0.433 e. The van der Waals surface area contributed by atoms with Crippen LogP contribution in [-0.2, 0) is 11.0 Å². The number of pyridine rings is 1. The van der Waals surface area contributed by atoms with Crippen molar-refractivity contribution in [3.63, 3.8) is 0 Å². The number of hydrogen-bond acceptors (Lipinski definition) is 5. The summed E-state index contributed by atoms with van der Waals surface area (Å²) in [7, 11) is 0.